The van der Waals surface area contributed by atoms with Gasteiger partial charge < -0.3 is 10.0 Å². The number of phenols is 1. The molecule has 1 unspecified atom stereocenters. The summed E-state index contributed by atoms with van der Waals surface area (Å²) in [5.74, 6) is -0.238. The van der Waals surface area contributed by atoms with Crippen LogP contribution in [0.15, 0.2) is 29.2 Å². The van der Waals surface area contributed by atoms with Crippen LogP contribution in [0.1, 0.15) is 6.92 Å². The molecule has 0 saturated heterocycles. The largest absolute Gasteiger partial charge is 0.507 e. The molecule has 0 radical (unpaired) electrons. The molecule has 0 bridgehead atoms. The highest BCUT2D eigenvalue weighted by atomic mass is 32.2. The minimum absolute atomic E-state index is 0.0793. The van der Waals surface area contributed by atoms with Crippen molar-refractivity contribution in [2.24, 2.45) is 0 Å². The molecular formula is C11H18N2O3S. The van der Waals surface area contributed by atoms with Gasteiger partial charge in [-0.3, -0.25) is 0 Å². The first-order chi connectivity index (χ1) is 7.84. The monoisotopic (exact) mass is 258 g/mol. The Morgan fingerprint density at radius 3 is 2.47 bits per heavy atom. The number of aromatic hydroxyl groups is 1. The molecule has 1 rings (SSSR count). The number of likely N-dealkylation sites (N-methyl/N-ethyl adjacent to an activating group) is 1. The molecule has 0 aromatic heterocycles. The van der Waals surface area contributed by atoms with Crippen LogP contribution in [0.3, 0.4) is 0 Å². The van der Waals surface area contributed by atoms with Crippen LogP contribution in [0.5, 0.6) is 5.75 Å². The Hall–Kier alpha value is -1.11. The van der Waals surface area contributed by atoms with Gasteiger partial charge in [-0.05, 0) is 33.2 Å². The quantitative estimate of drug-likeness (QED) is 0.812. The van der Waals surface area contributed by atoms with Crippen LogP contribution < -0.4 is 4.72 Å². The first-order valence-electron chi connectivity index (χ1n) is 5.28. The Kier molecular flexibility index (Phi) is 4.50. The molecule has 0 aliphatic heterocycles. The second-order valence-corrected chi connectivity index (χ2v) is 5.87. The van der Waals surface area contributed by atoms with Crippen molar-refractivity contribution in [3.8, 4) is 5.75 Å². The van der Waals surface area contributed by atoms with Crippen molar-refractivity contribution < 1.29 is 13.5 Å². The average molecular weight is 258 g/mol. The number of nitrogens with one attached hydrogen (secondary N) is 1. The fraction of sp³-hybridized carbons (Fsp3) is 0.455. The van der Waals surface area contributed by atoms with Gasteiger partial charge in [-0.15, -0.1) is 0 Å². The van der Waals surface area contributed by atoms with E-state index in [-0.39, 0.29) is 16.7 Å². The van der Waals surface area contributed by atoms with E-state index in [4.69, 9.17) is 0 Å². The summed E-state index contributed by atoms with van der Waals surface area (Å²) in [4.78, 5) is 1.82. The number of para-hydroxylation sites is 1. The average Bonchev–Trinajstić information content (AvgIpc) is 2.26. The molecule has 1 aromatic carbocycles. The lowest BCUT2D eigenvalue weighted by atomic mass is 10.3. The minimum atomic E-state index is -3.65. The Labute approximate surface area is 102 Å². The fourth-order valence-electron chi connectivity index (χ4n) is 1.18. The molecule has 0 aliphatic carbocycles. The summed E-state index contributed by atoms with van der Waals surface area (Å²) >= 11 is 0. The van der Waals surface area contributed by atoms with Crippen molar-refractivity contribution >= 4 is 10.0 Å². The number of phenolic OH excluding ortho intramolecular Hbond substituents is 1. The normalized spacial score (nSPS) is 13.9. The van der Waals surface area contributed by atoms with E-state index >= 15 is 0 Å². The van der Waals surface area contributed by atoms with Gasteiger partial charge in [-0.1, -0.05) is 12.1 Å². The minimum Gasteiger partial charge on any atom is -0.507 e. The lowest BCUT2D eigenvalue weighted by Crippen LogP contribution is -2.38. The van der Waals surface area contributed by atoms with Gasteiger partial charge in [0.2, 0.25) is 10.0 Å². The molecule has 0 aliphatic rings. The van der Waals surface area contributed by atoms with E-state index in [9.17, 15) is 13.5 Å². The van der Waals surface area contributed by atoms with Crippen LogP contribution in [-0.2, 0) is 10.0 Å². The summed E-state index contributed by atoms with van der Waals surface area (Å²) < 4.78 is 26.2. The lowest BCUT2D eigenvalue weighted by Gasteiger charge is -2.20. The van der Waals surface area contributed by atoms with Crippen LogP contribution in [-0.4, -0.2) is 45.1 Å². The van der Waals surface area contributed by atoms with Crippen molar-refractivity contribution in [1.82, 2.24) is 9.62 Å². The summed E-state index contributed by atoms with van der Waals surface area (Å²) in [6.45, 7) is 2.21. The van der Waals surface area contributed by atoms with Crippen LogP contribution in [0, 0.1) is 0 Å². The number of benzene rings is 1. The Morgan fingerprint density at radius 1 is 1.35 bits per heavy atom. The molecule has 0 fully saturated rings. The number of hydrogen-bond acceptors (Lipinski definition) is 4. The molecule has 5 nitrogen and oxygen atoms in total. The van der Waals surface area contributed by atoms with Crippen molar-refractivity contribution in [3.63, 3.8) is 0 Å². The number of hydrogen-bond donors (Lipinski definition) is 2. The number of nitrogens with zero attached hydrogens (tertiary/aromatic N) is 1. The zero-order valence-electron chi connectivity index (χ0n) is 10.2. The molecule has 2 N–H and O–H groups in total. The molecule has 0 saturated carbocycles. The SMILES string of the molecule is CC(CNS(=O)(=O)c1ccccc1O)N(C)C. The zero-order chi connectivity index (χ0) is 13.1. The number of sulfonamides is 1. The first-order valence-corrected chi connectivity index (χ1v) is 6.77. The second-order valence-electron chi connectivity index (χ2n) is 4.13. The van der Waals surface area contributed by atoms with E-state index in [1.54, 1.807) is 12.1 Å². The maximum absolute atomic E-state index is 11.9. The molecule has 1 aromatic rings. The maximum Gasteiger partial charge on any atom is 0.244 e. The molecule has 0 amide bonds. The maximum atomic E-state index is 11.9. The zero-order valence-corrected chi connectivity index (χ0v) is 11.0. The Balaban J connectivity index is 2.80. The summed E-state index contributed by atoms with van der Waals surface area (Å²) in [7, 11) is 0.102. The van der Waals surface area contributed by atoms with Gasteiger partial charge in [-0.25, -0.2) is 13.1 Å². The molecule has 6 heteroatoms. The van der Waals surface area contributed by atoms with Crippen molar-refractivity contribution in [1.29, 1.82) is 0 Å². The molecule has 0 heterocycles. The van der Waals surface area contributed by atoms with E-state index in [0.717, 1.165) is 0 Å². The molecule has 0 spiro atoms. The van der Waals surface area contributed by atoms with E-state index in [2.05, 4.69) is 4.72 Å². The van der Waals surface area contributed by atoms with Gasteiger partial charge in [0.25, 0.3) is 0 Å². The van der Waals surface area contributed by atoms with Crippen LogP contribution in [0.4, 0.5) is 0 Å². The van der Waals surface area contributed by atoms with Gasteiger partial charge >= 0.3 is 0 Å². The van der Waals surface area contributed by atoms with Crippen molar-refractivity contribution in [2.75, 3.05) is 20.6 Å². The predicted molar refractivity (Wildman–Crippen MR) is 66.4 cm³/mol. The molecule has 96 valence electrons. The van der Waals surface area contributed by atoms with Gasteiger partial charge in [0.05, 0.1) is 0 Å². The summed E-state index contributed by atoms with van der Waals surface area (Å²) in [5.41, 5.74) is 0. The standard InChI is InChI=1S/C11H18N2O3S/c1-9(13(2)3)8-12-17(15,16)11-7-5-4-6-10(11)14/h4-7,9,12,14H,8H2,1-3H3. The predicted octanol–water partition coefficient (Wildman–Crippen LogP) is 0.621. The van der Waals surface area contributed by atoms with E-state index in [1.165, 1.54) is 12.1 Å². The van der Waals surface area contributed by atoms with Crippen LogP contribution >= 0.6 is 0 Å². The number of rotatable bonds is 5. The fourth-order valence-corrected chi connectivity index (χ4v) is 2.39. The molecular weight excluding hydrogens is 240 g/mol. The smallest absolute Gasteiger partial charge is 0.244 e. The Morgan fingerprint density at radius 2 is 1.94 bits per heavy atom. The van der Waals surface area contributed by atoms with E-state index in [1.807, 2.05) is 25.9 Å². The van der Waals surface area contributed by atoms with Gasteiger partial charge in [-0.2, -0.15) is 0 Å². The van der Waals surface area contributed by atoms with Crippen molar-refractivity contribution in [2.45, 2.75) is 17.9 Å². The Bertz CT molecular complexity index is 471. The first kappa shape index (κ1) is 14.0. The third kappa shape index (κ3) is 3.69. The van der Waals surface area contributed by atoms with Crippen LogP contribution in [0.2, 0.25) is 0 Å². The third-order valence-electron chi connectivity index (χ3n) is 2.61. The van der Waals surface area contributed by atoms with Gasteiger partial charge in [0.15, 0.2) is 0 Å². The lowest BCUT2D eigenvalue weighted by molar-refractivity contribution is 0.313. The highest BCUT2D eigenvalue weighted by molar-refractivity contribution is 7.89. The summed E-state index contributed by atoms with van der Waals surface area (Å²) in [6, 6.07) is 5.96. The highest BCUT2D eigenvalue weighted by Gasteiger charge is 2.18. The van der Waals surface area contributed by atoms with E-state index < -0.39 is 10.0 Å². The van der Waals surface area contributed by atoms with Crippen LogP contribution in [0.25, 0.3) is 0 Å². The highest BCUT2D eigenvalue weighted by Crippen LogP contribution is 2.20. The van der Waals surface area contributed by atoms with Gasteiger partial charge in [0.1, 0.15) is 10.6 Å². The van der Waals surface area contributed by atoms with Crippen molar-refractivity contribution in [3.05, 3.63) is 24.3 Å². The van der Waals surface area contributed by atoms with E-state index in [0.29, 0.717) is 6.54 Å². The second kappa shape index (κ2) is 5.48. The third-order valence-corrected chi connectivity index (χ3v) is 4.08. The van der Waals surface area contributed by atoms with Gasteiger partial charge in [0, 0.05) is 12.6 Å². The summed E-state index contributed by atoms with van der Waals surface area (Å²) in [6.07, 6.45) is 0. The topological polar surface area (TPSA) is 69.6 Å². The summed E-state index contributed by atoms with van der Waals surface area (Å²) in [5, 5.41) is 9.49. The molecule has 1 atom stereocenters. The molecule has 17 heavy (non-hydrogen) atoms.